The van der Waals surface area contributed by atoms with E-state index >= 15 is 0 Å². The highest BCUT2D eigenvalue weighted by atomic mass is 79.9. The van der Waals surface area contributed by atoms with Gasteiger partial charge in [-0.2, -0.15) is 0 Å². The normalized spacial score (nSPS) is 11.4. The maximum absolute atomic E-state index is 13.4. The minimum atomic E-state index is -0.309. The van der Waals surface area contributed by atoms with E-state index in [4.69, 9.17) is 0 Å². The summed E-state index contributed by atoms with van der Waals surface area (Å²) in [6, 6.07) is 4.68. The molecule has 3 nitrogen and oxygen atoms in total. The molecule has 0 atom stereocenters. The van der Waals surface area contributed by atoms with Crippen LogP contribution in [0.2, 0.25) is 0 Å². The number of carbonyl (C=O) groups is 1. The molecule has 0 spiro atoms. The summed E-state index contributed by atoms with van der Waals surface area (Å²) >= 11 is 3.28. The number of halogens is 2. The van der Waals surface area contributed by atoms with Gasteiger partial charge in [0.15, 0.2) is 0 Å². The summed E-state index contributed by atoms with van der Waals surface area (Å²) in [4.78, 5) is 11.6. The van der Waals surface area contributed by atoms with E-state index in [-0.39, 0.29) is 23.8 Å². The van der Waals surface area contributed by atoms with Gasteiger partial charge in [-0.3, -0.25) is 4.79 Å². The second-order valence-electron chi connectivity index (χ2n) is 5.44. The standard InChI is InChI=1S/C14H20BrFN2O/c1-14(2,3)18-7-6-13(19)17-9-10-8-11(15)4-5-12(10)16/h4-5,8,18H,6-7,9H2,1-3H3,(H,17,19). The first-order chi connectivity index (χ1) is 8.78. The van der Waals surface area contributed by atoms with Gasteiger partial charge in [-0.05, 0) is 39.0 Å². The van der Waals surface area contributed by atoms with Crippen molar-refractivity contribution in [2.45, 2.75) is 39.3 Å². The predicted octanol–water partition coefficient (Wildman–Crippen LogP) is 2.98. The fourth-order valence-corrected chi connectivity index (χ4v) is 1.92. The Balaban J connectivity index is 2.36. The highest BCUT2D eigenvalue weighted by Crippen LogP contribution is 2.15. The third kappa shape index (κ3) is 6.68. The van der Waals surface area contributed by atoms with Crippen molar-refractivity contribution in [1.82, 2.24) is 10.6 Å². The minimum Gasteiger partial charge on any atom is -0.352 e. The van der Waals surface area contributed by atoms with Crippen LogP contribution in [-0.4, -0.2) is 18.0 Å². The molecule has 1 amide bonds. The van der Waals surface area contributed by atoms with Crippen LogP contribution in [0.25, 0.3) is 0 Å². The van der Waals surface area contributed by atoms with Crippen LogP contribution in [0.15, 0.2) is 22.7 Å². The molecular weight excluding hydrogens is 311 g/mol. The monoisotopic (exact) mass is 330 g/mol. The van der Waals surface area contributed by atoms with Gasteiger partial charge in [-0.1, -0.05) is 15.9 Å². The average molecular weight is 331 g/mol. The number of nitrogens with one attached hydrogen (secondary N) is 2. The summed E-state index contributed by atoms with van der Waals surface area (Å²) in [5, 5.41) is 5.94. The Kier molecular flexibility index (Phi) is 5.94. The lowest BCUT2D eigenvalue weighted by Gasteiger charge is -2.20. The van der Waals surface area contributed by atoms with Crippen LogP contribution in [0.4, 0.5) is 4.39 Å². The van der Waals surface area contributed by atoms with Crippen molar-refractivity contribution < 1.29 is 9.18 Å². The van der Waals surface area contributed by atoms with E-state index < -0.39 is 0 Å². The Morgan fingerprint density at radius 1 is 1.37 bits per heavy atom. The maximum Gasteiger partial charge on any atom is 0.221 e. The molecule has 0 radical (unpaired) electrons. The van der Waals surface area contributed by atoms with Crippen molar-refractivity contribution in [3.05, 3.63) is 34.1 Å². The molecular formula is C14H20BrFN2O. The smallest absolute Gasteiger partial charge is 0.221 e. The topological polar surface area (TPSA) is 41.1 Å². The predicted molar refractivity (Wildman–Crippen MR) is 78.3 cm³/mol. The molecule has 0 fully saturated rings. The Labute approximate surface area is 122 Å². The zero-order chi connectivity index (χ0) is 14.5. The van der Waals surface area contributed by atoms with Crippen molar-refractivity contribution in [2.75, 3.05) is 6.54 Å². The molecule has 1 aromatic carbocycles. The number of amides is 1. The van der Waals surface area contributed by atoms with Crippen LogP contribution in [0, 0.1) is 5.82 Å². The summed E-state index contributed by atoms with van der Waals surface area (Å²) < 4.78 is 14.2. The van der Waals surface area contributed by atoms with Crippen molar-refractivity contribution in [3.63, 3.8) is 0 Å². The lowest BCUT2D eigenvalue weighted by atomic mass is 10.1. The summed E-state index contributed by atoms with van der Waals surface area (Å²) in [5.41, 5.74) is 0.475. The first kappa shape index (κ1) is 16.1. The molecule has 0 aliphatic rings. The van der Waals surface area contributed by atoms with Crippen LogP contribution in [0.3, 0.4) is 0 Å². The second-order valence-corrected chi connectivity index (χ2v) is 6.35. The largest absolute Gasteiger partial charge is 0.352 e. The molecule has 1 rings (SSSR count). The molecule has 1 aromatic rings. The third-order valence-corrected chi connectivity index (χ3v) is 2.98. The van der Waals surface area contributed by atoms with E-state index in [0.717, 1.165) is 4.47 Å². The van der Waals surface area contributed by atoms with Gasteiger partial charge < -0.3 is 10.6 Å². The fourth-order valence-electron chi connectivity index (χ4n) is 1.51. The summed E-state index contributed by atoms with van der Waals surface area (Å²) in [7, 11) is 0. The SMILES string of the molecule is CC(C)(C)NCCC(=O)NCc1cc(Br)ccc1F. The number of hydrogen-bond acceptors (Lipinski definition) is 2. The van der Waals surface area contributed by atoms with Crippen LogP contribution in [0.5, 0.6) is 0 Å². The molecule has 0 aromatic heterocycles. The molecule has 0 unspecified atom stereocenters. The zero-order valence-corrected chi connectivity index (χ0v) is 13.1. The second kappa shape index (κ2) is 7.01. The molecule has 0 bridgehead atoms. The van der Waals surface area contributed by atoms with E-state index in [9.17, 15) is 9.18 Å². The highest BCUT2D eigenvalue weighted by molar-refractivity contribution is 9.10. The Morgan fingerprint density at radius 3 is 2.68 bits per heavy atom. The Hall–Kier alpha value is -0.940. The van der Waals surface area contributed by atoms with Gasteiger partial charge in [0.2, 0.25) is 5.91 Å². The molecule has 0 heterocycles. The average Bonchev–Trinajstić information content (AvgIpc) is 2.28. The van der Waals surface area contributed by atoms with Gasteiger partial charge in [0, 0.05) is 35.1 Å². The van der Waals surface area contributed by atoms with Gasteiger partial charge in [-0.15, -0.1) is 0 Å². The number of benzene rings is 1. The lowest BCUT2D eigenvalue weighted by Crippen LogP contribution is -2.38. The first-order valence-corrected chi connectivity index (χ1v) is 7.03. The molecule has 0 aliphatic carbocycles. The summed E-state index contributed by atoms with van der Waals surface area (Å²) in [5.74, 6) is -0.396. The van der Waals surface area contributed by atoms with Gasteiger partial charge in [-0.25, -0.2) is 4.39 Å². The van der Waals surface area contributed by atoms with E-state index in [0.29, 0.717) is 18.5 Å². The first-order valence-electron chi connectivity index (χ1n) is 6.23. The van der Waals surface area contributed by atoms with E-state index in [1.54, 1.807) is 12.1 Å². The van der Waals surface area contributed by atoms with Crippen molar-refractivity contribution in [3.8, 4) is 0 Å². The molecule has 106 valence electrons. The van der Waals surface area contributed by atoms with Gasteiger partial charge in [0.1, 0.15) is 5.82 Å². The van der Waals surface area contributed by atoms with Gasteiger partial charge >= 0.3 is 0 Å². The van der Waals surface area contributed by atoms with Crippen LogP contribution < -0.4 is 10.6 Å². The molecule has 2 N–H and O–H groups in total. The van der Waals surface area contributed by atoms with E-state index in [2.05, 4.69) is 26.6 Å². The summed E-state index contributed by atoms with van der Waals surface area (Å²) in [6.07, 6.45) is 0.382. The molecule has 19 heavy (non-hydrogen) atoms. The minimum absolute atomic E-state index is 0.00329. The molecule has 5 heteroatoms. The summed E-state index contributed by atoms with van der Waals surface area (Å²) in [6.45, 7) is 6.95. The highest BCUT2D eigenvalue weighted by Gasteiger charge is 2.10. The molecule has 0 saturated carbocycles. The zero-order valence-electron chi connectivity index (χ0n) is 11.5. The van der Waals surface area contributed by atoms with E-state index in [1.165, 1.54) is 6.07 Å². The van der Waals surface area contributed by atoms with Crippen molar-refractivity contribution in [2.24, 2.45) is 0 Å². The van der Waals surface area contributed by atoms with Crippen LogP contribution in [-0.2, 0) is 11.3 Å². The number of carbonyl (C=O) groups excluding carboxylic acids is 1. The van der Waals surface area contributed by atoms with Crippen molar-refractivity contribution >= 4 is 21.8 Å². The van der Waals surface area contributed by atoms with Crippen molar-refractivity contribution in [1.29, 1.82) is 0 Å². The maximum atomic E-state index is 13.4. The third-order valence-electron chi connectivity index (χ3n) is 2.49. The van der Waals surface area contributed by atoms with Gasteiger partial charge in [0.25, 0.3) is 0 Å². The number of rotatable bonds is 5. The molecule has 0 saturated heterocycles. The number of hydrogen-bond donors (Lipinski definition) is 2. The Morgan fingerprint density at radius 2 is 2.05 bits per heavy atom. The lowest BCUT2D eigenvalue weighted by molar-refractivity contribution is -0.121. The fraction of sp³-hybridized carbons (Fsp3) is 0.500. The van der Waals surface area contributed by atoms with Crippen LogP contribution >= 0.6 is 15.9 Å². The Bertz CT molecular complexity index is 444. The van der Waals surface area contributed by atoms with Gasteiger partial charge in [0.05, 0.1) is 0 Å². The van der Waals surface area contributed by atoms with E-state index in [1.807, 2.05) is 20.8 Å². The van der Waals surface area contributed by atoms with Crippen LogP contribution in [0.1, 0.15) is 32.8 Å². The molecule has 0 aliphatic heterocycles. The quantitative estimate of drug-likeness (QED) is 0.871.